The molecular formula is C27H34N2O4S2. The number of hydrogen-bond acceptors (Lipinski definition) is 7. The second-order valence-corrected chi connectivity index (χ2v) is 8.42. The third-order valence-electron chi connectivity index (χ3n) is 4.63. The largest absolute Gasteiger partial charge is 0.480 e. The van der Waals surface area contributed by atoms with Crippen molar-refractivity contribution in [2.45, 2.75) is 55.2 Å². The summed E-state index contributed by atoms with van der Waals surface area (Å²) in [6.07, 6.45) is 0.811. The Morgan fingerprint density at radius 3 is 1.60 bits per heavy atom. The van der Waals surface area contributed by atoms with Gasteiger partial charge in [0.25, 0.3) is 0 Å². The summed E-state index contributed by atoms with van der Waals surface area (Å²) in [5, 5.41) is 8.56. The van der Waals surface area contributed by atoms with Gasteiger partial charge in [0.2, 0.25) is 0 Å². The average Bonchev–Trinajstić information content (AvgIpc) is 2.87. The number of rotatable bonds is 8. The number of carboxylic acids is 1. The Morgan fingerprint density at radius 2 is 1.17 bits per heavy atom. The van der Waals surface area contributed by atoms with Crippen molar-refractivity contribution >= 4 is 37.2 Å². The first kappa shape index (κ1) is 30.3. The molecule has 0 saturated heterocycles. The molecule has 0 heterocycles. The smallest absolute Gasteiger partial charge is 0.323 e. The van der Waals surface area contributed by atoms with E-state index in [1.807, 2.05) is 92.7 Å². The molecule has 2 atom stereocenters. The second kappa shape index (κ2) is 16.8. The first-order valence-electron chi connectivity index (χ1n) is 11.2. The van der Waals surface area contributed by atoms with Crippen molar-refractivity contribution in [3.63, 3.8) is 0 Å². The van der Waals surface area contributed by atoms with Gasteiger partial charge in [-0.15, -0.1) is 25.3 Å². The van der Waals surface area contributed by atoms with Crippen LogP contribution in [0.25, 0.3) is 0 Å². The Bertz CT molecular complexity index is 1010. The highest BCUT2D eigenvalue weighted by molar-refractivity contribution is 7.80. The highest BCUT2D eigenvalue weighted by atomic mass is 32.1. The molecule has 0 saturated carbocycles. The molecule has 0 aliphatic rings. The van der Waals surface area contributed by atoms with Crippen molar-refractivity contribution in [2.24, 2.45) is 11.5 Å². The van der Waals surface area contributed by atoms with Crippen LogP contribution in [0, 0.1) is 0 Å². The Balaban J connectivity index is 0.000000354. The Labute approximate surface area is 218 Å². The number of ether oxygens (including phenoxy) is 1. The van der Waals surface area contributed by atoms with Crippen LogP contribution >= 0.6 is 25.3 Å². The molecule has 0 spiro atoms. The predicted octanol–water partition coefficient (Wildman–Crippen LogP) is 4.54. The molecule has 3 rings (SSSR count). The fourth-order valence-corrected chi connectivity index (χ4v) is 3.08. The van der Waals surface area contributed by atoms with Crippen molar-refractivity contribution in [3.8, 4) is 0 Å². The van der Waals surface area contributed by atoms with Gasteiger partial charge < -0.3 is 21.3 Å². The lowest BCUT2D eigenvalue weighted by Gasteiger charge is -2.11. The summed E-state index contributed by atoms with van der Waals surface area (Å²) < 4.78 is 5.21. The van der Waals surface area contributed by atoms with E-state index < -0.39 is 18.1 Å². The van der Waals surface area contributed by atoms with Crippen molar-refractivity contribution in [1.29, 1.82) is 0 Å². The number of thiol groups is 2. The van der Waals surface area contributed by atoms with Crippen LogP contribution in [-0.4, -0.2) is 29.1 Å². The summed E-state index contributed by atoms with van der Waals surface area (Å²) in [5.41, 5.74) is 14.1. The van der Waals surface area contributed by atoms with E-state index in [4.69, 9.17) is 21.3 Å². The molecule has 0 radical (unpaired) electrons. The minimum atomic E-state index is -0.977. The fraction of sp³-hybridized carbons (Fsp3) is 0.259. The van der Waals surface area contributed by atoms with E-state index in [0.29, 0.717) is 12.8 Å². The summed E-state index contributed by atoms with van der Waals surface area (Å²) in [4.78, 5) is 24.0. The summed E-state index contributed by atoms with van der Waals surface area (Å²) in [7, 11) is 0. The van der Waals surface area contributed by atoms with E-state index in [1.165, 1.54) is 0 Å². The molecule has 0 aromatic heterocycles. The number of esters is 1. The van der Waals surface area contributed by atoms with Gasteiger partial charge in [0.15, 0.2) is 0 Å². The maximum Gasteiger partial charge on any atom is 0.323 e. The molecule has 3 aromatic carbocycles. The maximum atomic E-state index is 11.8. The van der Waals surface area contributed by atoms with Crippen LogP contribution < -0.4 is 11.5 Å². The van der Waals surface area contributed by atoms with E-state index >= 15 is 0 Å². The third kappa shape index (κ3) is 12.5. The molecule has 0 aliphatic carbocycles. The fourth-order valence-electron chi connectivity index (χ4n) is 2.78. The van der Waals surface area contributed by atoms with Crippen LogP contribution in [0.15, 0.2) is 88.7 Å². The lowest BCUT2D eigenvalue weighted by atomic mass is 10.1. The Morgan fingerprint density at radius 1 is 0.743 bits per heavy atom. The molecular weight excluding hydrogens is 480 g/mol. The summed E-state index contributed by atoms with van der Waals surface area (Å²) in [6, 6.07) is 22.9. The van der Waals surface area contributed by atoms with E-state index in [1.54, 1.807) is 0 Å². The topological polar surface area (TPSA) is 116 Å². The van der Waals surface area contributed by atoms with Crippen molar-refractivity contribution < 1.29 is 19.4 Å². The van der Waals surface area contributed by atoms with E-state index in [0.717, 1.165) is 26.5 Å². The van der Waals surface area contributed by atoms with Crippen molar-refractivity contribution in [3.05, 3.63) is 95.6 Å². The molecule has 2 unspecified atom stereocenters. The predicted molar refractivity (Wildman–Crippen MR) is 146 cm³/mol. The van der Waals surface area contributed by atoms with E-state index in [9.17, 15) is 9.59 Å². The van der Waals surface area contributed by atoms with Crippen LogP contribution in [0.5, 0.6) is 0 Å². The molecule has 35 heavy (non-hydrogen) atoms. The number of carbonyl (C=O) groups excluding carboxylic acids is 1. The van der Waals surface area contributed by atoms with Crippen LogP contribution in [0.3, 0.4) is 0 Å². The standard InChI is InChI=1S/C16H17NO2S.C9H11NO2S.C2H6/c17-15(10-12-6-8-14(20)9-7-12)16(18)19-11-13-4-2-1-3-5-13;10-8(9(11)12)5-6-1-3-7(13)4-2-6;1-2/h1-9,15,20H,10-11,17H2;1-4,8,13H,5,10H2,(H,11,12);1-2H3. The van der Waals surface area contributed by atoms with Crippen LogP contribution in [-0.2, 0) is 33.8 Å². The zero-order valence-electron chi connectivity index (χ0n) is 20.0. The van der Waals surface area contributed by atoms with E-state index in [2.05, 4.69) is 25.3 Å². The summed E-state index contributed by atoms with van der Waals surface area (Å²) in [6.45, 7) is 4.25. The van der Waals surface area contributed by atoms with Gasteiger partial charge in [-0.2, -0.15) is 0 Å². The minimum absolute atomic E-state index is 0.253. The minimum Gasteiger partial charge on any atom is -0.480 e. The Hall–Kier alpha value is -2.78. The van der Waals surface area contributed by atoms with Gasteiger partial charge in [-0.3, -0.25) is 9.59 Å². The summed E-state index contributed by atoms with van der Waals surface area (Å²) >= 11 is 8.33. The zero-order valence-corrected chi connectivity index (χ0v) is 21.8. The van der Waals surface area contributed by atoms with Crippen LogP contribution in [0.2, 0.25) is 0 Å². The lowest BCUT2D eigenvalue weighted by Crippen LogP contribution is -2.34. The molecule has 0 fully saturated rings. The molecule has 0 aliphatic heterocycles. The van der Waals surface area contributed by atoms with Gasteiger partial charge in [0.05, 0.1) is 0 Å². The molecule has 6 nitrogen and oxygen atoms in total. The summed E-state index contributed by atoms with van der Waals surface area (Å²) in [5.74, 6) is -1.36. The lowest BCUT2D eigenvalue weighted by molar-refractivity contribution is -0.146. The zero-order chi connectivity index (χ0) is 26.2. The molecule has 188 valence electrons. The molecule has 3 aromatic rings. The van der Waals surface area contributed by atoms with Gasteiger partial charge in [-0.05, 0) is 53.8 Å². The first-order chi connectivity index (χ1) is 16.7. The number of carboxylic acid groups (broad SMARTS) is 1. The molecule has 0 amide bonds. The molecule has 5 N–H and O–H groups in total. The van der Waals surface area contributed by atoms with Crippen LogP contribution in [0.4, 0.5) is 0 Å². The number of hydrogen-bond donors (Lipinski definition) is 5. The SMILES string of the molecule is CC.NC(Cc1ccc(S)cc1)C(=O)O.NC(Cc1ccc(S)cc1)C(=O)OCc1ccccc1. The Kier molecular flexibility index (Phi) is 14.5. The van der Waals surface area contributed by atoms with Crippen molar-refractivity contribution in [2.75, 3.05) is 0 Å². The monoisotopic (exact) mass is 514 g/mol. The van der Waals surface area contributed by atoms with E-state index in [-0.39, 0.29) is 12.6 Å². The maximum absolute atomic E-state index is 11.8. The molecule has 0 bridgehead atoms. The van der Waals surface area contributed by atoms with Gasteiger partial charge in [0, 0.05) is 9.79 Å². The van der Waals surface area contributed by atoms with Gasteiger partial charge in [0.1, 0.15) is 18.7 Å². The average molecular weight is 515 g/mol. The highest BCUT2D eigenvalue weighted by Gasteiger charge is 2.15. The number of benzene rings is 3. The van der Waals surface area contributed by atoms with Crippen LogP contribution in [0.1, 0.15) is 30.5 Å². The normalized spacial score (nSPS) is 11.6. The quantitative estimate of drug-likeness (QED) is 0.223. The number of carbonyl (C=O) groups is 2. The number of nitrogens with two attached hydrogens (primary N) is 2. The third-order valence-corrected chi connectivity index (χ3v) is 5.22. The highest BCUT2D eigenvalue weighted by Crippen LogP contribution is 2.11. The van der Waals surface area contributed by atoms with Gasteiger partial charge in [-0.25, -0.2) is 0 Å². The number of aliphatic carboxylic acids is 1. The second-order valence-electron chi connectivity index (χ2n) is 7.39. The van der Waals surface area contributed by atoms with Gasteiger partial charge in [-0.1, -0.05) is 68.4 Å². The van der Waals surface area contributed by atoms with Crippen molar-refractivity contribution in [1.82, 2.24) is 0 Å². The van der Waals surface area contributed by atoms with Gasteiger partial charge >= 0.3 is 11.9 Å². The first-order valence-corrected chi connectivity index (χ1v) is 12.1. The molecule has 8 heteroatoms.